The van der Waals surface area contributed by atoms with Crippen molar-refractivity contribution < 1.29 is 9.59 Å². The third kappa shape index (κ3) is 4.14. The summed E-state index contributed by atoms with van der Waals surface area (Å²) in [5, 5.41) is 2.68. The van der Waals surface area contributed by atoms with Crippen LogP contribution in [0.15, 0.2) is 51.9 Å². The van der Waals surface area contributed by atoms with Crippen LogP contribution in [0.3, 0.4) is 0 Å². The third-order valence-electron chi connectivity index (χ3n) is 4.33. The van der Waals surface area contributed by atoms with Gasteiger partial charge in [-0.15, -0.1) is 0 Å². The van der Waals surface area contributed by atoms with Gasteiger partial charge >= 0.3 is 0 Å². The summed E-state index contributed by atoms with van der Waals surface area (Å²) in [6.07, 6.45) is 2.28. The molecule has 1 aliphatic heterocycles. The van der Waals surface area contributed by atoms with Crippen molar-refractivity contribution in [3.63, 3.8) is 0 Å². The van der Waals surface area contributed by atoms with Gasteiger partial charge in [0.2, 0.25) is 5.91 Å². The molecule has 0 aliphatic carbocycles. The molecule has 0 spiro atoms. The number of hydrogen-bond donors (Lipinski definition) is 1. The maximum atomic E-state index is 12.9. The lowest BCUT2D eigenvalue weighted by atomic mass is 10.1. The monoisotopic (exact) mass is 443 g/mol. The Balaban J connectivity index is 1.88. The van der Waals surface area contributed by atoms with Crippen molar-refractivity contribution in [3.8, 4) is 0 Å². The van der Waals surface area contributed by atoms with Crippen molar-refractivity contribution in [1.82, 2.24) is 5.32 Å². The molecule has 7 heteroatoms. The van der Waals surface area contributed by atoms with Gasteiger partial charge in [0.25, 0.3) is 5.91 Å². The van der Waals surface area contributed by atoms with Crippen molar-refractivity contribution >= 4 is 62.7 Å². The first kappa shape index (κ1) is 19.4. The van der Waals surface area contributed by atoms with Gasteiger partial charge in [-0.05, 0) is 67.0 Å². The number of carbonyl (C=O) groups is 2. The normalized spacial score (nSPS) is 17.5. The fourth-order valence-corrected chi connectivity index (χ4v) is 3.54. The van der Waals surface area contributed by atoms with E-state index in [1.165, 1.54) is 11.1 Å². The summed E-state index contributed by atoms with van der Waals surface area (Å²) in [6, 6.07) is 13.1. The van der Waals surface area contributed by atoms with E-state index in [1.807, 2.05) is 49.4 Å². The van der Waals surface area contributed by atoms with E-state index in [0.717, 1.165) is 22.0 Å². The fourth-order valence-electron chi connectivity index (χ4n) is 2.77. The highest BCUT2D eigenvalue weighted by molar-refractivity contribution is 9.10. The van der Waals surface area contributed by atoms with Crippen molar-refractivity contribution in [1.29, 1.82) is 0 Å². The van der Waals surface area contributed by atoms with Gasteiger partial charge in [-0.25, -0.2) is 0 Å². The molecule has 0 bridgehead atoms. The molecule has 3 rings (SSSR count). The largest absolute Gasteiger partial charge is 0.301 e. The zero-order valence-electron chi connectivity index (χ0n) is 14.9. The van der Waals surface area contributed by atoms with Crippen LogP contribution in [0.5, 0.6) is 0 Å². The smallest absolute Gasteiger partial charge is 0.251 e. The number of amides is 2. The second-order valence-corrected chi connectivity index (χ2v) is 7.48. The summed E-state index contributed by atoms with van der Waals surface area (Å²) >= 11 is 8.62. The van der Waals surface area contributed by atoms with E-state index in [9.17, 15) is 9.59 Å². The predicted molar refractivity (Wildman–Crippen MR) is 115 cm³/mol. The lowest BCUT2D eigenvalue weighted by Crippen LogP contribution is -2.58. The molecule has 1 saturated heterocycles. The number of halogens is 1. The molecule has 2 amide bonds. The maximum absolute atomic E-state index is 12.9. The molecule has 138 valence electrons. The van der Waals surface area contributed by atoms with Crippen LogP contribution in [-0.4, -0.2) is 23.1 Å². The Labute approximate surface area is 171 Å². The second kappa shape index (κ2) is 8.10. The molecule has 5 nitrogen and oxygen atoms in total. The number of nitrogens with one attached hydrogen (secondary N) is 1. The molecule has 1 heterocycles. The Kier molecular flexibility index (Phi) is 5.82. The minimum absolute atomic E-state index is 0.0821. The second-order valence-electron chi connectivity index (χ2n) is 6.17. The van der Waals surface area contributed by atoms with Crippen LogP contribution in [0.1, 0.15) is 18.1 Å². The van der Waals surface area contributed by atoms with Gasteiger partial charge in [0.05, 0.1) is 11.4 Å². The topological polar surface area (TPSA) is 61.8 Å². The van der Waals surface area contributed by atoms with Crippen LogP contribution in [-0.2, 0) is 16.0 Å². The fraction of sp³-hybridized carbons (Fsp3) is 0.200. The van der Waals surface area contributed by atoms with E-state index in [0.29, 0.717) is 11.4 Å². The van der Waals surface area contributed by atoms with E-state index >= 15 is 0 Å². The van der Waals surface area contributed by atoms with E-state index in [4.69, 9.17) is 12.2 Å². The molecule has 27 heavy (non-hydrogen) atoms. The van der Waals surface area contributed by atoms with E-state index in [-0.39, 0.29) is 5.11 Å². The molecule has 0 saturated carbocycles. The van der Waals surface area contributed by atoms with Gasteiger partial charge in [-0.3, -0.25) is 19.5 Å². The molecule has 0 radical (unpaired) electrons. The molecule has 1 N–H and O–H groups in total. The van der Waals surface area contributed by atoms with Gasteiger partial charge in [-0.1, -0.05) is 35.0 Å². The molecule has 1 unspecified atom stereocenters. The van der Waals surface area contributed by atoms with Gasteiger partial charge in [0, 0.05) is 10.7 Å². The summed E-state index contributed by atoms with van der Waals surface area (Å²) in [6.45, 7) is 3.97. The van der Waals surface area contributed by atoms with Crippen molar-refractivity contribution in [2.24, 2.45) is 10.9 Å². The Morgan fingerprint density at radius 2 is 1.93 bits per heavy atom. The first-order valence-electron chi connectivity index (χ1n) is 8.48. The maximum Gasteiger partial charge on any atom is 0.251 e. The van der Waals surface area contributed by atoms with Crippen molar-refractivity contribution in [2.45, 2.75) is 20.3 Å². The summed E-state index contributed by atoms with van der Waals surface area (Å²) in [4.78, 5) is 31.0. The number of anilines is 1. The number of hydrogen-bond acceptors (Lipinski definition) is 4. The van der Waals surface area contributed by atoms with E-state index < -0.39 is 17.7 Å². The highest BCUT2D eigenvalue weighted by Crippen LogP contribution is 2.24. The summed E-state index contributed by atoms with van der Waals surface area (Å²) < 4.78 is 0.942. The van der Waals surface area contributed by atoms with E-state index in [1.54, 1.807) is 0 Å². The molecular weight excluding hydrogens is 426 g/mol. The molecule has 1 fully saturated rings. The lowest BCUT2D eigenvalue weighted by Gasteiger charge is -2.31. The van der Waals surface area contributed by atoms with Crippen LogP contribution >= 0.6 is 28.1 Å². The first-order valence-corrected chi connectivity index (χ1v) is 9.69. The highest BCUT2D eigenvalue weighted by atomic mass is 79.9. The third-order valence-corrected chi connectivity index (χ3v) is 5.10. The van der Waals surface area contributed by atoms with Crippen LogP contribution in [0.2, 0.25) is 0 Å². The lowest BCUT2D eigenvalue weighted by molar-refractivity contribution is -0.130. The minimum Gasteiger partial charge on any atom is -0.301 e. The molecule has 2 aromatic rings. The number of nitrogens with zero attached hydrogens (tertiary/aromatic N) is 2. The Hall–Kier alpha value is -2.38. The van der Waals surface area contributed by atoms with Gasteiger partial charge < -0.3 is 5.32 Å². The average molecular weight is 444 g/mol. The summed E-state index contributed by atoms with van der Waals surface area (Å²) in [5.41, 5.74) is 3.42. The molecule has 2 aromatic carbocycles. The Morgan fingerprint density at radius 1 is 1.22 bits per heavy atom. The summed E-state index contributed by atoms with van der Waals surface area (Å²) in [7, 11) is 0. The standard InChI is InChI=1S/C20H18BrN3O2S/c1-3-13-4-7-15(8-5-13)24-19(26)16(18(25)23-20(24)27)11-22-17-9-6-14(21)10-12(17)2/h4-11,16H,3H2,1-2H3,(H,23,25,27). The SMILES string of the molecule is CCc1ccc(N2C(=O)C(C=Nc3ccc(Br)cc3C)C(=O)NC2=S)cc1. The van der Waals surface area contributed by atoms with Crippen LogP contribution < -0.4 is 10.2 Å². The highest BCUT2D eigenvalue weighted by Gasteiger charge is 2.38. The number of benzene rings is 2. The molecule has 1 aliphatic rings. The number of thiocarbonyl (C=S) groups is 1. The predicted octanol–water partition coefficient (Wildman–Crippen LogP) is 4.09. The van der Waals surface area contributed by atoms with Crippen molar-refractivity contribution in [3.05, 3.63) is 58.1 Å². The zero-order valence-corrected chi connectivity index (χ0v) is 17.3. The number of aryl methyl sites for hydroxylation is 2. The zero-order chi connectivity index (χ0) is 19.6. The number of carbonyl (C=O) groups excluding carboxylic acids is 2. The minimum atomic E-state index is -1.04. The number of aliphatic imine (C=N–C) groups is 1. The van der Waals surface area contributed by atoms with Gasteiger partial charge in [0.15, 0.2) is 11.0 Å². The Bertz CT molecular complexity index is 941. The molecular formula is C20H18BrN3O2S. The van der Waals surface area contributed by atoms with Crippen LogP contribution in [0.25, 0.3) is 0 Å². The quantitative estimate of drug-likeness (QED) is 0.439. The molecule has 0 aromatic heterocycles. The Morgan fingerprint density at radius 3 is 2.56 bits per heavy atom. The van der Waals surface area contributed by atoms with Crippen LogP contribution in [0.4, 0.5) is 11.4 Å². The molecule has 1 atom stereocenters. The van der Waals surface area contributed by atoms with Gasteiger partial charge in [-0.2, -0.15) is 0 Å². The van der Waals surface area contributed by atoms with E-state index in [2.05, 4.69) is 33.2 Å². The number of rotatable bonds is 4. The average Bonchev–Trinajstić information content (AvgIpc) is 2.63. The first-order chi connectivity index (χ1) is 12.9. The van der Waals surface area contributed by atoms with Crippen LogP contribution in [0, 0.1) is 12.8 Å². The summed E-state index contributed by atoms with van der Waals surface area (Å²) in [5.74, 6) is -1.91. The van der Waals surface area contributed by atoms with Gasteiger partial charge in [0.1, 0.15) is 0 Å². The van der Waals surface area contributed by atoms with Crippen molar-refractivity contribution in [2.75, 3.05) is 4.90 Å².